The van der Waals surface area contributed by atoms with Crippen molar-refractivity contribution in [2.45, 2.75) is 0 Å². The molecule has 2 aromatic carbocycles. The highest BCUT2D eigenvalue weighted by molar-refractivity contribution is 7.12. The molecular formula is C20H13NO3S. The number of carbonyl (C=O) groups is 1. The Morgan fingerprint density at radius 3 is 2.68 bits per heavy atom. The Morgan fingerprint density at radius 1 is 0.960 bits per heavy atom. The molecule has 5 heteroatoms. The first-order valence-electron chi connectivity index (χ1n) is 7.69. The van der Waals surface area contributed by atoms with Crippen LogP contribution in [0.3, 0.4) is 0 Å². The van der Waals surface area contributed by atoms with Crippen LogP contribution in [0.25, 0.3) is 22.1 Å². The smallest absolute Gasteiger partial charge is 0.344 e. The highest BCUT2D eigenvalue weighted by Gasteiger charge is 2.10. The van der Waals surface area contributed by atoms with E-state index in [1.807, 2.05) is 35.7 Å². The van der Waals surface area contributed by atoms with E-state index in [9.17, 15) is 9.59 Å². The molecule has 0 radical (unpaired) electrons. The van der Waals surface area contributed by atoms with Crippen molar-refractivity contribution in [3.05, 3.63) is 87.4 Å². The van der Waals surface area contributed by atoms with Crippen molar-refractivity contribution in [1.82, 2.24) is 0 Å². The zero-order valence-electron chi connectivity index (χ0n) is 13.1. The Bertz CT molecular complexity index is 1110. The summed E-state index contributed by atoms with van der Waals surface area (Å²) in [6.45, 7) is 0. The molecule has 1 N–H and O–H groups in total. The van der Waals surface area contributed by atoms with Crippen LogP contribution in [0.4, 0.5) is 5.69 Å². The maximum absolute atomic E-state index is 12.3. The molecule has 1 amide bonds. The van der Waals surface area contributed by atoms with Crippen molar-refractivity contribution in [3.63, 3.8) is 0 Å². The quantitative estimate of drug-likeness (QED) is 0.543. The van der Waals surface area contributed by atoms with Crippen LogP contribution >= 0.6 is 11.3 Å². The van der Waals surface area contributed by atoms with Crippen LogP contribution < -0.4 is 10.9 Å². The molecule has 0 fully saturated rings. The van der Waals surface area contributed by atoms with Crippen LogP contribution in [0.5, 0.6) is 0 Å². The van der Waals surface area contributed by atoms with Crippen molar-refractivity contribution >= 4 is 33.9 Å². The average Bonchev–Trinajstić information content (AvgIpc) is 3.16. The second-order valence-corrected chi connectivity index (χ2v) is 6.45. The third-order valence-corrected chi connectivity index (χ3v) is 4.69. The Morgan fingerprint density at radius 2 is 1.84 bits per heavy atom. The van der Waals surface area contributed by atoms with Gasteiger partial charge < -0.3 is 9.73 Å². The van der Waals surface area contributed by atoms with Crippen LogP contribution in [0, 0.1) is 0 Å². The van der Waals surface area contributed by atoms with E-state index in [2.05, 4.69) is 5.32 Å². The molecule has 0 aliphatic heterocycles. The van der Waals surface area contributed by atoms with Crippen molar-refractivity contribution in [1.29, 1.82) is 0 Å². The number of amides is 1. The molecule has 0 aliphatic rings. The average molecular weight is 347 g/mol. The lowest BCUT2D eigenvalue weighted by atomic mass is 10.1. The summed E-state index contributed by atoms with van der Waals surface area (Å²) in [6.07, 6.45) is 0. The molecule has 25 heavy (non-hydrogen) atoms. The van der Waals surface area contributed by atoms with Gasteiger partial charge in [0.15, 0.2) is 0 Å². The fraction of sp³-hybridized carbons (Fsp3) is 0. The summed E-state index contributed by atoms with van der Waals surface area (Å²) < 4.78 is 5.39. The molecule has 0 saturated heterocycles. The van der Waals surface area contributed by atoms with Crippen LogP contribution in [0.1, 0.15) is 9.67 Å². The van der Waals surface area contributed by atoms with Gasteiger partial charge in [0.2, 0.25) is 0 Å². The van der Waals surface area contributed by atoms with E-state index >= 15 is 0 Å². The molecule has 122 valence electrons. The number of carbonyl (C=O) groups excluding carboxylic acids is 1. The molecule has 4 aromatic rings. The summed E-state index contributed by atoms with van der Waals surface area (Å²) in [5.74, 6) is -0.169. The Labute approximate surface area is 147 Å². The van der Waals surface area contributed by atoms with E-state index in [0.29, 0.717) is 27.3 Å². The molecule has 2 aromatic heterocycles. The largest absolute Gasteiger partial charge is 0.422 e. The Hall–Kier alpha value is -3.18. The van der Waals surface area contributed by atoms with Gasteiger partial charge >= 0.3 is 5.63 Å². The molecule has 0 spiro atoms. The number of nitrogens with one attached hydrogen (secondary N) is 1. The molecular weight excluding hydrogens is 334 g/mol. The number of fused-ring (bicyclic) bond motifs is 1. The molecule has 0 unspecified atom stereocenters. The zero-order chi connectivity index (χ0) is 17.2. The van der Waals surface area contributed by atoms with Gasteiger partial charge in [-0.15, -0.1) is 11.3 Å². The van der Waals surface area contributed by atoms with Crippen LogP contribution in [0.2, 0.25) is 0 Å². The van der Waals surface area contributed by atoms with Gasteiger partial charge in [-0.2, -0.15) is 0 Å². The molecule has 2 heterocycles. The predicted octanol–water partition coefficient (Wildman–Crippen LogP) is 4.77. The lowest BCUT2D eigenvalue weighted by molar-refractivity contribution is 0.103. The van der Waals surface area contributed by atoms with E-state index in [1.54, 1.807) is 36.4 Å². The first kappa shape index (κ1) is 15.4. The van der Waals surface area contributed by atoms with E-state index in [4.69, 9.17) is 4.42 Å². The zero-order valence-corrected chi connectivity index (χ0v) is 13.9. The number of hydrogen-bond donors (Lipinski definition) is 1. The molecule has 0 saturated carbocycles. The van der Waals surface area contributed by atoms with Gasteiger partial charge in [0, 0.05) is 11.1 Å². The molecule has 0 aliphatic carbocycles. The number of rotatable bonds is 3. The minimum absolute atomic E-state index is 0.169. The minimum Gasteiger partial charge on any atom is -0.422 e. The first-order valence-corrected chi connectivity index (χ1v) is 8.57. The van der Waals surface area contributed by atoms with E-state index in [1.165, 1.54) is 11.3 Å². The monoisotopic (exact) mass is 347 g/mol. The number of benzene rings is 2. The second-order valence-electron chi connectivity index (χ2n) is 5.50. The second kappa shape index (κ2) is 6.37. The maximum Gasteiger partial charge on any atom is 0.344 e. The lowest BCUT2D eigenvalue weighted by Gasteiger charge is -2.07. The number of para-hydroxylation sites is 1. The third kappa shape index (κ3) is 3.09. The van der Waals surface area contributed by atoms with Crippen LogP contribution in [0.15, 0.2) is 81.3 Å². The summed E-state index contributed by atoms with van der Waals surface area (Å²) in [6, 6.07) is 20.0. The van der Waals surface area contributed by atoms with Crippen LogP contribution in [-0.2, 0) is 0 Å². The van der Waals surface area contributed by atoms with Gasteiger partial charge in [-0.05, 0) is 41.3 Å². The Balaban J connectivity index is 1.71. The van der Waals surface area contributed by atoms with Crippen molar-refractivity contribution in [2.75, 3.05) is 5.32 Å². The van der Waals surface area contributed by atoms with Crippen molar-refractivity contribution in [3.8, 4) is 11.1 Å². The van der Waals surface area contributed by atoms with Crippen LogP contribution in [-0.4, -0.2) is 5.91 Å². The molecule has 0 bridgehead atoms. The summed E-state index contributed by atoms with van der Waals surface area (Å²) in [4.78, 5) is 25.1. The SMILES string of the molecule is O=C(Nc1cccc(-c2cc3ccccc3oc2=O)c1)c1cccs1. The molecule has 4 rings (SSSR count). The standard InChI is InChI=1S/C20H13NO3S/c22-19(18-9-4-10-25-18)21-15-7-3-6-13(11-15)16-12-14-5-1-2-8-17(14)24-20(16)23/h1-12H,(H,21,22). The number of anilines is 1. The van der Waals surface area contributed by atoms with Crippen molar-refractivity contribution < 1.29 is 9.21 Å². The minimum atomic E-state index is -0.402. The van der Waals surface area contributed by atoms with Gasteiger partial charge in [0.05, 0.1) is 10.4 Å². The molecule has 0 atom stereocenters. The summed E-state index contributed by atoms with van der Waals surface area (Å²) in [5, 5.41) is 5.55. The fourth-order valence-electron chi connectivity index (χ4n) is 2.63. The Kier molecular flexibility index (Phi) is 3.91. The maximum atomic E-state index is 12.3. The normalized spacial score (nSPS) is 10.7. The lowest BCUT2D eigenvalue weighted by Crippen LogP contribution is -2.10. The van der Waals surface area contributed by atoms with Gasteiger partial charge in [0.1, 0.15) is 5.58 Å². The van der Waals surface area contributed by atoms with E-state index in [0.717, 1.165) is 5.39 Å². The summed E-state index contributed by atoms with van der Waals surface area (Å²) in [5.41, 5.74) is 1.94. The van der Waals surface area contributed by atoms with E-state index in [-0.39, 0.29) is 5.91 Å². The predicted molar refractivity (Wildman–Crippen MR) is 100 cm³/mol. The summed E-state index contributed by atoms with van der Waals surface area (Å²) >= 11 is 1.38. The van der Waals surface area contributed by atoms with Gasteiger partial charge in [-0.25, -0.2) is 4.79 Å². The summed E-state index contributed by atoms with van der Waals surface area (Å²) in [7, 11) is 0. The van der Waals surface area contributed by atoms with Gasteiger partial charge in [-0.1, -0.05) is 36.4 Å². The third-order valence-electron chi connectivity index (χ3n) is 3.82. The topological polar surface area (TPSA) is 59.3 Å². The van der Waals surface area contributed by atoms with Crippen molar-refractivity contribution in [2.24, 2.45) is 0 Å². The van der Waals surface area contributed by atoms with Gasteiger partial charge in [0.25, 0.3) is 5.91 Å². The highest BCUT2D eigenvalue weighted by atomic mass is 32.1. The first-order chi connectivity index (χ1) is 12.2. The van der Waals surface area contributed by atoms with E-state index < -0.39 is 5.63 Å². The number of hydrogen-bond acceptors (Lipinski definition) is 4. The number of thiophene rings is 1. The molecule has 4 nitrogen and oxygen atoms in total. The fourth-order valence-corrected chi connectivity index (χ4v) is 3.25. The highest BCUT2D eigenvalue weighted by Crippen LogP contribution is 2.24. The van der Waals surface area contributed by atoms with Gasteiger partial charge in [-0.3, -0.25) is 4.79 Å².